The summed E-state index contributed by atoms with van der Waals surface area (Å²) in [6.07, 6.45) is 18.2. The molecule has 0 bridgehead atoms. The molecular weight excluding hydrogens is 308 g/mol. The van der Waals surface area contributed by atoms with E-state index in [1.807, 2.05) is 0 Å². The van der Waals surface area contributed by atoms with Crippen molar-refractivity contribution in [2.24, 2.45) is 0 Å². The SMILES string of the molecule is CCCCCCCCCCCCCCCC(=O)NC(C)C[N+](C)(C)C. The average molecular weight is 356 g/mol. The molecule has 0 saturated carbocycles. The summed E-state index contributed by atoms with van der Waals surface area (Å²) in [4.78, 5) is 11.9. The largest absolute Gasteiger partial charge is 0.348 e. The van der Waals surface area contributed by atoms with Crippen molar-refractivity contribution in [2.45, 2.75) is 110 Å². The molecule has 0 aromatic rings. The van der Waals surface area contributed by atoms with Gasteiger partial charge in [-0.05, 0) is 13.3 Å². The second-order valence-corrected chi connectivity index (χ2v) is 8.93. The van der Waals surface area contributed by atoms with Crippen LogP contribution in [0.25, 0.3) is 0 Å². The molecule has 150 valence electrons. The van der Waals surface area contributed by atoms with Crippen molar-refractivity contribution < 1.29 is 9.28 Å². The van der Waals surface area contributed by atoms with E-state index < -0.39 is 0 Å². The van der Waals surface area contributed by atoms with Crippen LogP contribution in [0.4, 0.5) is 0 Å². The lowest BCUT2D eigenvalue weighted by Crippen LogP contribution is -2.47. The molecule has 1 amide bonds. The predicted octanol–water partition coefficient (Wildman–Crippen LogP) is 5.68. The Morgan fingerprint density at radius 2 is 1.16 bits per heavy atom. The van der Waals surface area contributed by atoms with Gasteiger partial charge < -0.3 is 9.80 Å². The van der Waals surface area contributed by atoms with E-state index in [2.05, 4.69) is 40.3 Å². The Morgan fingerprint density at radius 3 is 1.56 bits per heavy atom. The molecule has 0 fully saturated rings. The second kappa shape index (κ2) is 15.7. The minimum atomic E-state index is 0.226. The molecule has 0 spiro atoms. The fourth-order valence-electron chi connectivity index (χ4n) is 3.52. The van der Waals surface area contributed by atoms with Crippen LogP contribution in [0, 0.1) is 0 Å². The third-order valence-corrected chi connectivity index (χ3v) is 4.74. The van der Waals surface area contributed by atoms with E-state index in [1.165, 1.54) is 77.0 Å². The van der Waals surface area contributed by atoms with Gasteiger partial charge in [-0.1, -0.05) is 84.0 Å². The first kappa shape index (κ1) is 24.4. The van der Waals surface area contributed by atoms with Gasteiger partial charge in [-0.3, -0.25) is 4.79 Å². The van der Waals surface area contributed by atoms with Crippen LogP contribution >= 0.6 is 0 Å². The summed E-state index contributed by atoms with van der Waals surface area (Å²) in [6, 6.07) is 0.259. The fraction of sp³-hybridized carbons (Fsp3) is 0.955. The number of quaternary nitrogens is 1. The highest BCUT2D eigenvalue weighted by Gasteiger charge is 2.15. The van der Waals surface area contributed by atoms with Crippen LogP contribution in [0.15, 0.2) is 0 Å². The molecule has 3 nitrogen and oxygen atoms in total. The van der Waals surface area contributed by atoms with Crippen LogP contribution < -0.4 is 5.32 Å². The molecule has 25 heavy (non-hydrogen) atoms. The lowest BCUT2D eigenvalue weighted by molar-refractivity contribution is -0.871. The van der Waals surface area contributed by atoms with Crippen LogP contribution in [-0.4, -0.2) is 44.1 Å². The van der Waals surface area contributed by atoms with Crippen molar-refractivity contribution in [1.82, 2.24) is 5.32 Å². The van der Waals surface area contributed by atoms with Crippen LogP contribution in [0.1, 0.15) is 104 Å². The number of hydrogen-bond acceptors (Lipinski definition) is 1. The van der Waals surface area contributed by atoms with E-state index in [1.54, 1.807) is 0 Å². The zero-order valence-corrected chi connectivity index (χ0v) is 18.0. The minimum Gasteiger partial charge on any atom is -0.348 e. The molecule has 1 unspecified atom stereocenters. The van der Waals surface area contributed by atoms with Crippen LogP contribution in [-0.2, 0) is 4.79 Å². The summed E-state index contributed by atoms with van der Waals surface area (Å²) in [5.41, 5.74) is 0. The van der Waals surface area contributed by atoms with E-state index in [-0.39, 0.29) is 11.9 Å². The van der Waals surface area contributed by atoms with Gasteiger partial charge in [-0.2, -0.15) is 0 Å². The standard InChI is InChI=1S/C22H46N2O/c1-6-7-8-9-10-11-12-13-14-15-16-17-18-19-22(25)23-21(2)20-24(3,4)5/h21H,6-20H2,1-5H3/p+1. The van der Waals surface area contributed by atoms with Crippen molar-refractivity contribution in [3.8, 4) is 0 Å². The summed E-state index contributed by atoms with van der Waals surface area (Å²) in [5, 5.41) is 3.13. The van der Waals surface area contributed by atoms with E-state index in [0.717, 1.165) is 17.4 Å². The molecule has 3 heteroatoms. The van der Waals surface area contributed by atoms with Crippen molar-refractivity contribution in [3.63, 3.8) is 0 Å². The number of amides is 1. The first-order valence-corrected chi connectivity index (χ1v) is 10.9. The zero-order valence-electron chi connectivity index (χ0n) is 18.0. The fourth-order valence-corrected chi connectivity index (χ4v) is 3.52. The van der Waals surface area contributed by atoms with Gasteiger partial charge in [-0.25, -0.2) is 0 Å². The molecule has 0 saturated heterocycles. The first-order chi connectivity index (χ1) is 11.8. The maximum absolute atomic E-state index is 11.9. The Labute approximate surface area is 158 Å². The Kier molecular flexibility index (Phi) is 15.3. The normalized spacial score (nSPS) is 13.0. The van der Waals surface area contributed by atoms with E-state index >= 15 is 0 Å². The van der Waals surface area contributed by atoms with Crippen LogP contribution in [0.5, 0.6) is 0 Å². The summed E-state index contributed by atoms with van der Waals surface area (Å²) < 4.78 is 0.889. The number of likely N-dealkylation sites (N-methyl/N-ethyl adjacent to an activating group) is 1. The van der Waals surface area contributed by atoms with Gasteiger partial charge in [-0.15, -0.1) is 0 Å². The van der Waals surface area contributed by atoms with Crippen molar-refractivity contribution >= 4 is 5.91 Å². The number of carbonyl (C=O) groups excluding carboxylic acids is 1. The van der Waals surface area contributed by atoms with Gasteiger partial charge in [0, 0.05) is 6.42 Å². The van der Waals surface area contributed by atoms with E-state index in [9.17, 15) is 4.79 Å². The summed E-state index contributed by atoms with van der Waals surface area (Å²) in [5.74, 6) is 0.226. The van der Waals surface area contributed by atoms with E-state index in [0.29, 0.717) is 6.42 Å². The summed E-state index contributed by atoms with van der Waals surface area (Å²) in [6.45, 7) is 5.36. The molecule has 0 radical (unpaired) electrons. The van der Waals surface area contributed by atoms with Crippen molar-refractivity contribution in [3.05, 3.63) is 0 Å². The summed E-state index contributed by atoms with van der Waals surface area (Å²) >= 11 is 0. The van der Waals surface area contributed by atoms with Crippen LogP contribution in [0.2, 0.25) is 0 Å². The van der Waals surface area contributed by atoms with Crippen LogP contribution in [0.3, 0.4) is 0 Å². The number of nitrogens with one attached hydrogen (secondary N) is 1. The maximum atomic E-state index is 11.9. The molecule has 0 heterocycles. The molecule has 0 aliphatic rings. The van der Waals surface area contributed by atoms with E-state index in [4.69, 9.17) is 0 Å². The van der Waals surface area contributed by atoms with Gasteiger partial charge in [0.25, 0.3) is 0 Å². The third kappa shape index (κ3) is 19.6. The number of rotatable bonds is 17. The second-order valence-electron chi connectivity index (χ2n) is 8.93. The number of hydrogen-bond donors (Lipinski definition) is 1. The maximum Gasteiger partial charge on any atom is 0.220 e. The van der Waals surface area contributed by atoms with Crippen molar-refractivity contribution in [1.29, 1.82) is 0 Å². The monoisotopic (exact) mass is 355 g/mol. The molecule has 1 atom stereocenters. The molecule has 1 N–H and O–H groups in total. The average Bonchev–Trinajstić information content (AvgIpc) is 2.49. The minimum absolute atomic E-state index is 0.226. The lowest BCUT2D eigenvalue weighted by atomic mass is 10.0. The zero-order chi connectivity index (χ0) is 19.0. The Morgan fingerprint density at radius 1 is 0.760 bits per heavy atom. The molecule has 0 aliphatic heterocycles. The molecule has 0 aromatic carbocycles. The highest BCUT2D eigenvalue weighted by molar-refractivity contribution is 5.76. The number of nitrogens with zero attached hydrogens (tertiary/aromatic N) is 1. The van der Waals surface area contributed by atoms with Crippen molar-refractivity contribution in [2.75, 3.05) is 27.7 Å². The topological polar surface area (TPSA) is 29.1 Å². The first-order valence-electron chi connectivity index (χ1n) is 10.9. The molecular formula is C22H47N2O+. The smallest absolute Gasteiger partial charge is 0.220 e. The highest BCUT2D eigenvalue weighted by Crippen LogP contribution is 2.12. The third-order valence-electron chi connectivity index (χ3n) is 4.74. The lowest BCUT2D eigenvalue weighted by Gasteiger charge is -2.27. The number of carbonyl (C=O) groups is 1. The van der Waals surface area contributed by atoms with Gasteiger partial charge in [0.1, 0.15) is 0 Å². The Hall–Kier alpha value is -0.570. The summed E-state index contributed by atoms with van der Waals surface area (Å²) in [7, 11) is 6.49. The van der Waals surface area contributed by atoms with Gasteiger partial charge in [0.15, 0.2) is 0 Å². The Balaban J connectivity index is 3.31. The van der Waals surface area contributed by atoms with Gasteiger partial charge in [0.2, 0.25) is 5.91 Å². The van der Waals surface area contributed by atoms with Gasteiger partial charge in [0.05, 0.1) is 33.7 Å². The molecule has 0 aliphatic carbocycles. The Bertz CT molecular complexity index is 310. The molecule has 0 aromatic heterocycles. The molecule has 0 rings (SSSR count). The highest BCUT2D eigenvalue weighted by atomic mass is 16.1. The van der Waals surface area contributed by atoms with Gasteiger partial charge >= 0.3 is 0 Å². The number of unbranched alkanes of at least 4 members (excludes halogenated alkanes) is 12. The quantitative estimate of drug-likeness (QED) is 0.264. The predicted molar refractivity (Wildman–Crippen MR) is 111 cm³/mol.